The Balaban J connectivity index is 3.14. The Morgan fingerprint density at radius 3 is 2.79 bits per heavy atom. The summed E-state index contributed by atoms with van der Waals surface area (Å²) in [5.74, 6) is 2.97. The van der Waals surface area contributed by atoms with Gasteiger partial charge in [0.2, 0.25) is 0 Å². The van der Waals surface area contributed by atoms with Crippen LogP contribution in [-0.4, -0.2) is 14.4 Å². The average Bonchev–Trinajstić information content (AvgIpc) is 2.16. The van der Waals surface area contributed by atoms with Gasteiger partial charge in [-0.15, -0.1) is 5.54 Å². The molecule has 14 heavy (non-hydrogen) atoms. The number of benzene rings is 1. The Hall–Kier alpha value is -1.60. The Kier molecular flexibility index (Phi) is 3.43. The first-order chi connectivity index (χ1) is 6.65. The van der Waals surface area contributed by atoms with Crippen LogP contribution >= 0.6 is 0 Å². The lowest BCUT2D eigenvalue weighted by Crippen LogP contribution is -1.90. The van der Waals surface area contributed by atoms with Crippen molar-refractivity contribution >= 4 is 15.2 Å². The molecule has 3 nitrogen and oxygen atoms in total. The van der Waals surface area contributed by atoms with Gasteiger partial charge in [0.25, 0.3) is 5.69 Å². The van der Waals surface area contributed by atoms with Gasteiger partial charge in [-0.05, 0) is 12.5 Å². The number of hydrogen-bond donors (Lipinski definition) is 0. The third-order valence-electron chi connectivity index (χ3n) is 1.83. The minimum Gasteiger partial charge on any atom is -0.258 e. The molecule has 4 heteroatoms. The third kappa shape index (κ3) is 2.44. The van der Waals surface area contributed by atoms with Gasteiger partial charge in [-0.1, -0.05) is 18.5 Å². The van der Waals surface area contributed by atoms with E-state index in [4.69, 9.17) is 0 Å². The topological polar surface area (TPSA) is 43.1 Å². The van der Waals surface area contributed by atoms with Crippen molar-refractivity contribution < 1.29 is 4.92 Å². The molecule has 0 unspecified atom stereocenters. The molecule has 0 bridgehead atoms. The molecule has 0 saturated carbocycles. The van der Waals surface area contributed by atoms with E-state index in [1.807, 2.05) is 6.92 Å². The van der Waals surface area contributed by atoms with Gasteiger partial charge in [0.1, 0.15) is 9.52 Å². The van der Waals surface area contributed by atoms with Crippen LogP contribution in [0, 0.1) is 28.5 Å². The van der Waals surface area contributed by atoms with Crippen molar-refractivity contribution in [3.63, 3.8) is 0 Å². The normalized spacial score (nSPS) is 9.86. The van der Waals surface area contributed by atoms with E-state index in [0.717, 1.165) is 11.1 Å². The fraction of sp³-hybridized carbons (Fsp3) is 0.200. The summed E-state index contributed by atoms with van der Waals surface area (Å²) < 4.78 is 0. The highest BCUT2D eigenvalue weighted by Crippen LogP contribution is 2.16. The van der Waals surface area contributed by atoms with Gasteiger partial charge in [-0.2, -0.15) is 0 Å². The second kappa shape index (κ2) is 4.58. The molecule has 0 amide bonds. The molecular formula is C10H11NO2Si. The van der Waals surface area contributed by atoms with Crippen LogP contribution in [-0.2, 0) is 0 Å². The molecule has 72 valence electrons. The van der Waals surface area contributed by atoms with E-state index in [1.54, 1.807) is 6.07 Å². The second-order valence-electron chi connectivity index (χ2n) is 2.91. The van der Waals surface area contributed by atoms with Gasteiger partial charge in [0, 0.05) is 17.7 Å². The number of aryl methyl sites for hydroxylation is 1. The molecule has 0 spiro atoms. The van der Waals surface area contributed by atoms with Gasteiger partial charge in [-0.3, -0.25) is 10.1 Å². The zero-order valence-corrected chi connectivity index (χ0v) is 9.62. The van der Waals surface area contributed by atoms with Crippen molar-refractivity contribution in [2.75, 3.05) is 0 Å². The summed E-state index contributed by atoms with van der Waals surface area (Å²) >= 11 is 0. The summed E-state index contributed by atoms with van der Waals surface area (Å²) in [4.78, 5) is 10.1. The van der Waals surface area contributed by atoms with E-state index in [9.17, 15) is 10.1 Å². The van der Waals surface area contributed by atoms with Gasteiger partial charge in [-0.25, -0.2) is 0 Å². The summed E-state index contributed by atoms with van der Waals surface area (Å²) in [5, 5.41) is 10.5. The third-order valence-corrected chi connectivity index (χ3v) is 2.36. The van der Waals surface area contributed by atoms with E-state index in [0.29, 0.717) is 0 Å². The van der Waals surface area contributed by atoms with Gasteiger partial charge in [0.05, 0.1) is 4.92 Å². The van der Waals surface area contributed by atoms with Gasteiger partial charge in [0.15, 0.2) is 0 Å². The van der Waals surface area contributed by atoms with E-state index >= 15 is 0 Å². The van der Waals surface area contributed by atoms with Crippen LogP contribution in [0.1, 0.15) is 11.1 Å². The molecule has 0 fully saturated rings. The highest BCUT2D eigenvalue weighted by molar-refractivity contribution is 6.44. The SMILES string of the molecule is C[SiH2]C#Cc1cc([N+](=O)[O-])ccc1C. The van der Waals surface area contributed by atoms with Gasteiger partial charge < -0.3 is 0 Å². The van der Waals surface area contributed by atoms with Crippen molar-refractivity contribution in [1.29, 1.82) is 0 Å². The zero-order chi connectivity index (χ0) is 10.6. The predicted molar refractivity (Wildman–Crippen MR) is 59.1 cm³/mol. The van der Waals surface area contributed by atoms with E-state index in [-0.39, 0.29) is 15.2 Å². The summed E-state index contributed by atoms with van der Waals surface area (Å²) in [6.45, 7) is 3.99. The number of nitrogens with zero attached hydrogens (tertiary/aromatic N) is 1. The maximum absolute atomic E-state index is 10.5. The smallest absolute Gasteiger partial charge is 0.258 e. The van der Waals surface area contributed by atoms with Crippen molar-refractivity contribution in [3.05, 3.63) is 39.4 Å². The van der Waals surface area contributed by atoms with Gasteiger partial charge >= 0.3 is 0 Å². The molecule has 0 atom stereocenters. The van der Waals surface area contributed by atoms with Crippen LogP contribution in [0.3, 0.4) is 0 Å². The summed E-state index contributed by atoms with van der Waals surface area (Å²) in [6, 6.07) is 4.77. The molecule has 1 aromatic carbocycles. The van der Waals surface area contributed by atoms with Crippen LogP contribution in [0.2, 0.25) is 6.55 Å². The Labute approximate surface area is 85.1 Å². The van der Waals surface area contributed by atoms with E-state index < -0.39 is 4.92 Å². The van der Waals surface area contributed by atoms with Crippen molar-refractivity contribution in [2.24, 2.45) is 0 Å². The Morgan fingerprint density at radius 1 is 1.50 bits per heavy atom. The second-order valence-corrected chi connectivity index (χ2v) is 3.97. The largest absolute Gasteiger partial charge is 0.270 e. The molecule has 1 rings (SSSR count). The number of nitro groups is 1. The molecule has 0 saturated heterocycles. The number of non-ortho nitro benzene ring substituents is 1. The summed E-state index contributed by atoms with van der Waals surface area (Å²) in [6.07, 6.45) is 0. The monoisotopic (exact) mass is 205 g/mol. The van der Waals surface area contributed by atoms with Crippen LogP contribution in [0.4, 0.5) is 5.69 Å². The summed E-state index contributed by atoms with van der Waals surface area (Å²) in [7, 11) is -0.308. The maximum Gasteiger partial charge on any atom is 0.270 e. The molecule has 0 aliphatic heterocycles. The fourth-order valence-electron chi connectivity index (χ4n) is 1.04. The highest BCUT2D eigenvalue weighted by Gasteiger charge is 2.06. The quantitative estimate of drug-likeness (QED) is 0.301. The van der Waals surface area contributed by atoms with Crippen molar-refractivity contribution in [3.8, 4) is 11.5 Å². The molecule has 0 heterocycles. The van der Waals surface area contributed by atoms with Crippen molar-refractivity contribution in [1.82, 2.24) is 0 Å². The van der Waals surface area contributed by atoms with Crippen LogP contribution in [0.25, 0.3) is 0 Å². The molecule has 0 N–H and O–H groups in total. The summed E-state index contributed by atoms with van der Waals surface area (Å²) in [5.41, 5.74) is 4.91. The molecule has 0 aliphatic carbocycles. The molecule has 0 aromatic heterocycles. The minimum absolute atomic E-state index is 0.109. The average molecular weight is 205 g/mol. The molecular weight excluding hydrogens is 194 g/mol. The standard InChI is InChI=1S/C10H11NO2Si/c1-8-3-4-10(11(12)13)7-9(8)5-6-14-2/h3-4,7H,14H2,1-2H3. The van der Waals surface area contributed by atoms with Crippen LogP contribution in [0.5, 0.6) is 0 Å². The van der Waals surface area contributed by atoms with Crippen molar-refractivity contribution in [2.45, 2.75) is 13.5 Å². The Bertz CT molecular complexity index is 418. The molecule has 0 aliphatic rings. The lowest BCUT2D eigenvalue weighted by Gasteiger charge is -1.97. The minimum atomic E-state index is -0.395. The molecule has 1 aromatic rings. The number of rotatable bonds is 1. The first kappa shape index (κ1) is 10.5. The predicted octanol–water partition coefficient (Wildman–Crippen LogP) is 1.43. The zero-order valence-electron chi connectivity index (χ0n) is 8.20. The Morgan fingerprint density at radius 2 is 2.21 bits per heavy atom. The van der Waals surface area contributed by atoms with Crippen LogP contribution < -0.4 is 0 Å². The van der Waals surface area contributed by atoms with E-state index in [1.165, 1.54) is 12.1 Å². The fourth-order valence-corrected chi connectivity index (χ4v) is 1.41. The van der Waals surface area contributed by atoms with Crippen LogP contribution in [0.15, 0.2) is 18.2 Å². The first-order valence-electron chi connectivity index (χ1n) is 4.39. The first-order valence-corrected chi connectivity index (χ1v) is 6.51. The number of nitro benzene ring substituents is 1. The lowest BCUT2D eigenvalue weighted by molar-refractivity contribution is -0.384. The lowest BCUT2D eigenvalue weighted by atomic mass is 10.1. The highest BCUT2D eigenvalue weighted by atomic mass is 28.2. The molecule has 0 radical (unpaired) electrons. The maximum atomic E-state index is 10.5. The number of hydrogen-bond acceptors (Lipinski definition) is 2. The van der Waals surface area contributed by atoms with E-state index in [2.05, 4.69) is 18.0 Å².